The molecule has 0 aliphatic carbocycles. The summed E-state index contributed by atoms with van der Waals surface area (Å²) in [4.78, 5) is 3.91. The van der Waals surface area contributed by atoms with E-state index in [1.807, 2.05) is 0 Å². The van der Waals surface area contributed by atoms with Crippen molar-refractivity contribution < 1.29 is 8.42 Å². The summed E-state index contributed by atoms with van der Waals surface area (Å²) in [5.74, 6) is -0.0644. The third-order valence-corrected chi connectivity index (χ3v) is 3.03. The Labute approximate surface area is 91.6 Å². The van der Waals surface area contributed by atoms with Gasteiger partial charge in [-0.25, -0.2) is 8.42 Å². The first-order valence-electron chi connectivity index (χ1n) is 3.92. The molecule has 0 aromatic carbocycles. The maximum Gasteiger partial charge on any atom is 0.149 e. The van der Waals surface area contributed by atoms with E-state index in [4.69, 9.17) is 5.73 Å². The van der Waals surface area contributed by atoms with Crippen LogP contribution >= 0.6 is 15.9 Å². The molecule has 1 aromatic heterocycles. The second-order valence-electron chi connectivity index (χ2n) is 3.14. The van der Waals surface area contributed by atoms with Crippen molar-refractivity contribution in [2.24, 2.45) is 5.73 Å². The lowest BCUT2D eigenvalue weighted by molar-refractivity contribution is 0.594. The van der Waals surface area contributed by atoms with E-state index in [0.717, 1.165) is 10.7 Å². The van der Waals surface area contributed by atoms with E-state index in [-0.39, 0.29) is 5.75 Å². The smallest absolute Gasteiger partial charge is 0.149 e. The number of halogens is 1. The average Bonchev–Trinajstić information content (AvgIpc) is 2.01. The fraction of sp³-hybridized carbons (Fsp3) is 0.375. The largest absolute Gasteiger partial charge is 0.323 e. The predicted molar refractivity (Wildman–Crippen MR) is 58.6 cm³/mol. The molecule has 1 aromatic rings. The van der Waals surface area contributed by atoms with Gasteiger partial charge in [0.2, 0.25) is 0 Å². The Balaban J connectivity index is 2.85. The Morgan fingerprint density at radius 3 is 2.71 bits per heavy atom. The third-order valence-electron chi connectivity index (χ3n) is 1.64. The van der Waals surface area contributed by atoms with Gasteiger partial charge >= 0.3 is 0 Å². The van der Waals surface area contributed by atoms with Gasteiger partial charge in [-0.05, 0) is 27.6 Å². The van der Waals surface area contributed by atoms with Crippen LogP contribution in [0.25, 0.3) is 0 Å². The zero-order valence-electron chi connectivity index (χ0n) is 7.64. The molecular weight excluding hydrogens is 268 g/mol. The van der Waals surface area contributed by atoms with Crippen LogP contribution < -0.4 is 5.73 Å². The summed E-state index contributed by atoms with van der Waals surface area (Å²) in [5, 5.41) is 0. The number of pyridine rings is 1. The lowest BCUT2D eigenvalue weighted by atomic mass is 10.2. The topological polar surface area (TPSA) is 73.0 Å². The fourth-order valence-electron chi connectivity index (χ4n) is 1.05. The Morgan fingerprint density at radius 2 is 2.21 bits per heavy atom. The SMILES string of the molecule is CS(=O)(=O)C[C@H](N)c1cncc(Br)c1. The summed E-state index contributed by atoms with van der Waals surface area (Å²) >= 11 is 3.24. The van der Waals surface area contributed by atoms with E-state index in [9.17, 15) is 8.42 Å². The van der Waals surface area contributed by atoms with Crippen LogP contribution in [0, 0.1) is 0 Å². The van der Waals surface area contributed by atoms with Crippen molar-refractivity contribution in [3.63, 3.8) is 0 Å². The molecule has 0 unspecified atom stereocenters. The third kappa shape index (κ3) is 3.73. The minimum Gasteiger partial charge on any atom is -0.323 e. The van der Waals surface area contributed by atoms with Gasteiger partial charge in [-0.15, -0.1) is 0 Å². The van der Waals surface area contributed by atoms with Crippen LogP contribution in [0.3, 0.4) is 0 Å². The molecular formula is C8H11BrN2O2S. The minimum atomic E-state index is -3.05. The standard InChI is InChI=1S/C8H11BrN2O2S/c1-14(12,13)5-8(10)6-2-7(9)4-11-3-6/h2-4,8H,5,10H2,1H3/t8-/m0/s1. The van der Waals surface area contributed by atoms with Gasteiger partial charge in [0.15, 0.2) is 0 Å². The van der Waals surface area contributed by atoms with Crippen molar-refractivity contribution in [3.05, 3.63) is 28.5 Å². The Kier molecular flexibility index (Phi) is 3.63. The fourth-order valence-corrected chi connectivity index (χ4v) is 2.28. The second-order valence-corrected chi connectivity index (χ2v) is 6.24. The molecule has 6 heteroatoms. The Morgan fingerprint density at radius 1 is 1.57 bits per heavy atom. The quantitative estimate of drug-likeness (QED) is 0.891. The molecule has 0 fully saturated rings. The molecule has 0 aliphatic rings. The molecule has 0 aliphatic heterocycles. The van der Waals surface area contributed by atoms with Crippen LogP contribution in [0.2, 0.25) is 0 Å². The van der Waals surface area contributed by atoms with Crippen LogP contribution in [0.5, 0.6) is 0 Å². The van der Waals surface area contributed by atoms with Gasteiger partial charge in [0.25, 0.3) is 0 Å². The van der Waals surface area contributed by atoms with Crippen molar-refractivity contribution in [1.29, 1.82) is 0 Å². The monoisotopic (exact) mass is 278 g/mol. The number of hydrogen-bond acceptors (Lipinski definition) is 4. The average molecular weight is 279 g/mol. The van der Waals surface area contributed by atoms with Crippen molar-refractivity contribution in [2.45, 2.75) is 6.04 Å². The van der Waals surface area contributed by atoms with Crippen LogP contribution in [0.4, 0.5) is 0 Å². The summed E-state index contributed by atoms with van der Waals surface area (Å²) < 4.78 is 22.8. The maximum absolute atomic E-state index is 11.0. The van der Waals surface area contributed by atoms with Crippen molar-refractivity contribution >= 4 is 25.8 Å². The molecule has 0 spiro atoms. The second kappa shape index (κ2) is 4.37. The molecule has 0 radical (unpaired) electrons. The molecule has 78 valence electrons. The van der Waals surface area contributed by atoms with Crippen LogP contribution in [-0.4, -0.2) is 25.4 Å². The van der Waals surface area contributed by atoms with Crippen molar-refractivity contribution in [3.8, 4) is 0 Å². The molecule has 1 rings (SSSR count). The minimum absolute atomic E-state index is 0.0644. The molecule has 4 nitrogen and oxygen atoms in total. The van der Waals surface area contributed by atoms with Gasteiger partial charge in [0, 0.05) is 29.2 Å². The highest BCUT2D eigenvalue weighted by molar-refractivity contribution is 9.10. The van der Waals surface area contributed by atoms with E-state index in [2.05, 4.69) is 20.9 Å². The summed E-state index contributed by atoms with van der Waals surface area (Å²) in [7, 11) is -3.05. The highest BCUT2D eigenvalue weighted by Gasteiger charge is 2.13. The van der Waals surface area contributed by atoms with E-state index in [1.54, 1.807) is 18.5 Å². The summed E-state index contributed by atoms with van der Waals surface area (Å²) in [5.41, 5.74) is 6.42. The number of nitrogens with two attached hydrogens (primary N) is 1. The lowest BCUT2D eigenvalue weighted by Gasteiger charge is -2.09. The van der Waals surface area contributed by atoms with E-state index >= 15 is 0 Å². The number of rotatable bonds is 3. The van der Waals surface area contributed by atoms with Crippen molar-refractivity contribution in [1.82, 2.24) is 4.98 Å². The number of hydrogen-bond donors (Lipinski definition) is 1. The lowest BCUT2D eigenvalue weighted by Crippen LogP contribution is -2.20. The van der Waals surface area contributed by atoms with E-state index in [0.29, 0.717) is 5.56 Å². The van der Waals surface area contributed by atoms with Crippen LogP contribution in [-0.2, 0) is 9.84 Å². The normalized spacial score (nSPS) is 13.9. The maximum atomic E-state index is 11.0. The van der Waals surface area contributed by atoms with Gasteiger partial charge in [-0.2, -0.15) is 0 Å². The van der Waals surface area contributed by atoms with Crippen LogP contribution in [0.15, 0.2) is 22.9 Å². The Hall–Kier alpha value is -0.460. The van der Waals surface area contributed by atoms with Gasteiger partial charge in [0.1, 0.15) is 9.84 Å². The molecule has 2 N–H and O–H groups in total. The molecule has 0 saturated heterocycles. The van der Waals surface area contributed by atoms with Crippen molar-refractivity contribution in [2.75, 3.05) is 12.0 Å². The molecule has 0 bridgehead atoms. The number of aromatic nitrogens is 1. The van der Waals surface area contributed by atoms with E-state index < -0.39 is 15.9 Å². The molecule has 1 atom stereocenters. The van der Waals surface area contributed by atoms with Crippen LogP contribution in [0.1, 0.15) is 11.6 Å². The van der Waals surface area contributed by atoms with Gasteiger partial charge in [-0.1, -0.05) is 0 Å². The molecule has 1 heterocycles. The molecule has 14 heavy (non-hydrogen) atoms. The summed E-state index contributed by atoms with van der Waals surface area (Å²) in [6.07, 6.45) is 4.36. The number of sulfone groups is 1. The number of nitrogens with zero attached hydrogens (tertiary/aromatic N) is 1. The first-order chi connectivity index (χ1) is 6.38. The first-order valence-corrected chi connectivity index (χ1v) is 6.77. The highest BCUT2D eigenvalue weighted by atomic mass is 79.9. The zero-order chi connectivity index (χ0) is 10.8. The highest BCUT2D eigenvalue weighted by Crippen LogP contribution is 2.15. The summed E-state index contributed by atoms with van der Waals surface area (Å²) in [6.45, 7) is 0. The Bertz CT molecular complexity index is 419. The summed E-state index contributed by atoms with van der Waals surface area (Å²) in [6, 6.07) is 1.25. The molecule has 0 saturated carbocycles. The first kappa shape index (κ1) is 11.6. The molecule has 0 amide bonds. The zero-order valence-corrected chi connectivity index (χ0v) is 10.0. The van der Waals surface area contributed by atoms with E-state index in [1.165, 1.54) is 0 Å². The predicted octanol–water partition coefficient (Wildman–Crippen LogP) is 0.888. The van der Waals surface area contributed by atoms with Gasteiger partial charge in [0.05, 0.1) is 5.75 Å². The van der Waals surface area contributed by atoms with Gasteiger partial charge in [-0.3, -0.25) is 4.98 Å². The van der Waals surface area contributed by atoms with Gasteiger partial charge < -0.3 is 5.73 Å².